The average Bonchev–Trinajstić information content (AvgIpc) is 2.19. The molecule has 2 atom stereocenters. The van der Waals surface area contributed by atoms with Gasteiger partial charge < -0.3 is 15.3 Å². The number of hydrogen-bond acceptors (Lipinski definition) is 3. The van der Waals surface area contributed by atoms with Crippen molar-refractivity contribution in [1.29, 1.82) is 0 Å². The van der Waals surface area contributed by atoms with E-state index in [0.29, 0.717) is 10.0 Å². The van der Waals surface area contributed by atoms with Gasteiger partial charge in [-0.05, 0) is 23.8 Å². The lowest BCUT2D eigenvalue weighted by Crippen LogP contribution is -2.22. The number of aliphatic hydroxyl groups is 3. The molecule has 0 aromatic heterocycles. The van der Waals surface area contributed by atoms with Gasteiger partial charge >= 0.3 is 0 Å². The molecule has 0 amide bonds. The van der Waals surface area contributed by atoms with Gasteiger partial charge in [-0.2, -0.15) is 0 Å². The van der Waals surface area contributed by atoms with Gasteiger partial charge in [-0.15, -0.1) is 0 Å². The fourth-order valence-electron chi connectivity index (χ4n) is 1.05. The Bertz CT molecular complexity index is 317. The highest BCUT2D eigenvalue weighted by atomic mass is 79.9. The molecule has 0 aliphatic rings. The van der Waals surface area contributed by atoms with E-state index in [0.717, 1.165) is 4.47 Å². The molecule has 1 aromatic carbocycles. The Morgan fingerprint density at radius 1 is 1.21 bits per heavy atom. The van der Waals surface area contributed by atoms with Crippen LogP contribution in [0, 0.1) is 0 Å². The Labute approximate surface area is 98.6 Å². The summed E-state index contributed by atoms with van der Waals surface area (Å²) in [6, 6.07) is 5.26. The van der Waals surface area contributed by atoms with Crippen LogP contribution in [0.1, 0.15) is 11.7 Å². The van der Waals surface area contributed by atoms with Crippen LogP contribution in [0.4, 0.5) is 0 Å². The van der Waals surface area contributed by atoms with Crippen LogP contribution in [0.3, 0.4) is 0 Å². The fraction of sp³-hybridized carbons (Fsp3) is 0.333. The first kappa shape index (κ1) is 12.1. The Kier molecular flexibility index (Phi) is 4.53. The summed E-state index contributed by atoms with van der Waals surface area (Å²) in [7, 11) is 0. The zero-order valence-electron chi connectivity index (χ0n) is 7.19. The molecular formula is C9H10Br2O3. The molecular weight excluding hydrogens is 316 g/mol. The molecule has 0 aliphatic carbocycles. The molecule has 1 rings (SSSR count). The van der Waals surface area contributed by atoms with E-state index in [1.807, 2.05) is 6.07 Å². The molecule has 0 radical (unpaired) electrons. The van der Waals surface area contributed by atoms with Crippen molar-refractivity contribution in [2.24, 2.45) is 0 Å². The molecule has 0 aliphatic heterocycles. The number of hydrogen-bond donors (Lipinski definition) is 3. The van der Waals surface area contributed by atoms with Crippen LogP contribution in [0.15, 0.2) is 27.1 Å². The molecule has 0 bridgehead atoms. The summed E-state index contributed by atoms with van der Waals surface area (Å²) in [5, 5.41) is 27.6. The van der Waals surface area contributed by atoms with Crippen LogP contribution in [0.25, 0.3) is 0 Å². The van der Waals surface area contributed by atoms with Crippen molar-refractivity contribution in [3.05, 3.63) is 32.7 Å². The highest BCUT2D eigenvalue weighted by Gasteiger charge is 2.19. The summed E-state index contributed by atoms with van der Waals surface area (Å²) >= 11 is 6.51. The Hall–Kier alpha value is 0.0600. The number of rotatable bonds is 3. The summed E-state index contributed by atoms with van der Waals surface area (Å²) in [6.45, 7) is -0.472. The second kappa shape index (κ2) is 5.23. The smallest absolute Gasteiger partial charge is 0.108 e. The molecule has 78 valence electrons. The Morgan fingerprint density at radius 2 is 1.86 bits per heavy atom. The Morgan fingerprint density at radius 3 is 2.43 bits per heavy atom. The molecule has 0 saturated carbocycles. The molecule has 0 spiro atoms. The van der Waals surface area contributed by atoms with Gasteiger partial charge in [-0.25, -0.2) is 0 Å². The molecule has 0 fully saturated rings. The largest absolute Gasteiger partial charge is 0.394 e. The van der Waals surface area contributed by atoms with Gasteiger partial charge in [0.05, 0.1) is 6.61 Å². The van der Waals surface area contributed by atoms with Crippen LogP contribution < -0.4 is 0 Å². The molecule has 1 aromatic rings. The summed E-state index contributed by atoms with van der Waals surface area (Å²) in [5.74, 6) is 0. The van der Waals surface area contributed by atoms with Gasteiger partial charge in [-0.1, -0.05) is 31.9 Å². The predicted molar refractivity (Wildman–Crippen MR) is 59.9 cm³/mol. The monoisotopic (exact) mass is 324 g/mol. The van der Waals surface area contributed by atoms with Crippen molar-refractivity contribution in [2.45, 2.75) is 12.2 Å². The minimum absolute atomic E-state index is 0.472. The van der Waals surface area contributed by atoms with E-state index in [1.54, 1.807) is 12.1 Å². The maximum atomic E-state index is 9.63. The SMILES string of the molecule is OCC(O)C(O)c1cc(Br)ccc1Br. The third-order valence-electron chi connectivity index (χ3n) is 1.83. The predicted octanol–water partition coefficient (Wildman–Crippen LogP) is 1.60. The Balaban J connectivity index is 2.99. The molecule has 0 heterocycles. The number of halogens is 2. The van der Waals surface area contributed by atoms with Gasteiger partial charge in [-0.3, -0.25) is 0 Å². The molecule has 0 saturated heterocycles. The van der Waals surface area contributed by atoms with Gasteiger partial charge in [0.25, 0.3) is 0 Å². The van der Waals surface area contributed by atoms with Crippen molar-refractivity contribution >= 4 is 31.9 Å². The first-order valence-corrected chi connectivity index (χ1v) is 5.56. The number of benzene rings is 1. The van der Waals surface area contributed by atoms with Crippen molar-refractivity contribution in [3.8, 4) is 0 Å². The molecule has 5 heteroatoms. The van der Waals surface area contributed by atoms with Crippen LogP contribution >= 0.6 is 31.9 Å². The van der Waals surface area contributed by atoms with Crippen LogP contribution in [-0.2, 0) is 0 Å². The van der Waals surface area contributed by atoms with Crippen molar-refractivity contribution in [3.63, 3.8) is 0 Å². The summed E-state index contributed by atoms with van der Waals surface area (Å²) in [6.07, 6.45) is -2.26. The van der Waals surface area contributed by atoms with Gasteiger partial charge in [0.1, 0.15) is 12.2 Å². The average molecular weight is 326 g/mol. The standard InChI is InChI=1S/C9H10Br2O3/c10-5-1-2-7(11)6(3-5)9(14)8(13)4-12/h1-3,8-9,12-14H,4H2. The van der Waals surface area contributed by atoms with Gasteiger partial charge in [0.2, 0.25) is 0 Å². The van der Waals surface area contributed by atoms with Crippen LogP contribution in [-0.4, -0.2) is 28.0 Å². The normalized spacial score (nSPS) is 15.2. The maximum Gasteiger partial charge on any atom is 0.108 e. The second-order valence-electron chi connectivity index (χ2n) is 2.86. The summed E-state index contributed by atoms with van der Waals surface area (Å²) < 4.78 is 1.50. The molecule has 3 N–H and O–H groups in total. The first-order valence-electron chi connectivity index (χ1n) is 3.98. The van der Waals surface area contributed by atoms with E-state index in [4.69, 9.17) is 5.11 Å². The lowest BCUT2D eigenvalue weighted by molar-refractivity contribution is -0.0156. The minimum Gasteiger partial charge on any atom is -0.394 e. The van der Waals surface area contributed by atoms with Gasteiger partial charge in [0.15, 0.2) is 0 Å². The second-order valence-corrected chi connectivity index (χ2v) is 4.63. The summed E-state index contributed by atoms with van der Waals surface area (Å²) in [5.41, 5.74) is 0.543. The van der Waals surface area contributed by atoms with Crippen molar-refractivity contribution in [2.75, 3.05) is 6.61 Å². The summed E-state index contributed by atoms with van der Waals surface area (Å²) in [4.78, 5) is 0. The zero-order chi connectivity index (χ0) is 10.7. The van der Waals surface area contributed by atoms with E-state index >= 15 is 0 Å². The third kappa shape index (κ3) is 2.77. The molecule has 2 unspecified atom stereocenters. The first-order chi connectivity index (χ1) is 6.56. The maximum absolute atomic E-state index is 9.63. The highest BCUT2D eigenvalue weighted by molar-refractivity contribution is 9.11. The minimum atomic E-state index is -1.17. The van der Waals surface area contributed by atoms with E-state index in [9.17, 15) is 10.2 Å². The molecule has 3 nitrogen and oxygen atoms in total. The van der Waals surface area contributed by atoms with E-state index < -0.39 is 18.8 Å². The molecule has 14 heavy (non-hydrogen) atoms. The van der Waals surface area contributed by atoms with E-state index in [1.165, 1.54) is 0 Å². The zero-order valence-corrected chi connectivity index (χ0v) is 10.4. The lowest BCUT2D eigenvalue weighted by Gasteiger charge is -2.17. The fourth-order valence-corrected chi connectivity index (χ4v) is 1.91. The van der Waals surface area contributed by atoms with Crippen LogP contribution in [0.5, 0.6) is 0 Å². The van der Waals surface area contributed by atoms with Gasteiger partial charge in [0, 0.05) is 8.95 Å². The quantitative estimate of drug-likeness (QED) is 0.791. The lowest BCUT2D eigenvalue weighted by atomic mass is 10.1. The highest BCUT2D eigenvalue weighted by Crippen LogP contribution is 2.28. The van der Waals surface area contributed by atoms with Crippen molar-refractivity contribution < 1.29 is 15.3 Å². The van der Waals surface area contributed by atoms with Crippen LogP contribution in [0.2, 0.25) is 0 Å². The topological polar surface area (TPSA) is 60.7 Å². The van der Waals surface area contributed by atoms with E-state index in [-0.39, 0.29) is 0 Å². The van der Waals surface area contributed by atoms with E-state index in [2.05, 4.69) is 31.9 Å². The third-order valence-corrected chi connectivity index (χ3v) is 3.04. The number of aliphatic hydroxyl groups excluding tert-OH is 3. The van der Waals surface area contributed by atoms with Crippen molar-refractivity contribution in [1.82, 2.24) is 0 Å².